The molecule has 2 nitrogen and oxygen atoms in total. The van der Waals surface area contributed by atoms with Gasteiger partial charge in [-0.15, -0.1) is 0 Å². The number of alkyl halides is 1. The Balaban J connectivity index is 3.41. The minimum Gasteiger partial charge on any atom is -0.353 e. The SMILES string of the molecule is CCCCCCCCCC(=O)NC(CC)CCBr. The van der Waals surface area contributed by atoms with Crippen molar-refractivity contribution >= 4 is 21.8 Å². The molecule has 0 aromatic carbocycles. The van der Waals surface area contributed by atoms with Crippen LogP contribution in [0, 0.1) is 0 Å². The van der Waals surface area contributed by atoms with Gasteiger partial charge >= 0.3 is 0 Å². The molecule has 0 bridgehead atoms. The van der Waals surface area contributed by atoms with Crippen LogP contribution in [0.5, 0.6) is 0 Å². The highest BCUT2D eigenvalue weighted by atomic mass is 79.9. The molecule has 0 radical (unpaired) electrons. The number of nitrogens with one attached hydrogen (secondary N) is 1. The van der Waals surface area contributed by atoms with E-state index in [1.54, 1.807) is 0 Å². The number of halogens is 1. The van der Waals surface area contributed by atoms with Crippen molar-refractivity contribution in [3.8, 4) is 0 Å². The summed E-state index contributed by atoms with van der Waals surface area (Å²) in [5.74, 6) is 0.233. The van der Waals surface area contributed by atoms with Gasteiger partial charge in [0, 0.05) is 17.8 Å². The summed E-state index contributed by atoms with van der Waals surface area (Å²) in [6, 6.07) is 0.349. The third-order valence-electron chi connectivity index (χ3n) is 3.32. The average Bonchev–Trinajstić information content (AvgIpc) is 2.37. The Kier molecular flexibility index (Phi) is 13.3. The number of carbonyl (C=O) groups excluding carboxylic acids is 1. The van der Waals surface area contributed by atoms with E-state index in [-0.39, 0.29) is 5.91 Å². The molecule has 0 spiro atoms. The summed E-state index contributed by atoms with van der Waals surface area (Å²) in [5, 5.41) is 4.07. The second-order valence-electron chi connectivity index (χ2n) is 5.02. The molecule has 1 unspecified atom stereocenters. The first-order valence-corrected chi connectivity index (χ1v) is 8.72. The highest BCUT2D eigenvalue weighted by Gasteiger charge is 2.08. The van der Waals surface area contributed by atoms with Crippen molar-refractivity contribution in [3.63, 3.8) is 0 Å². The minimum absolute atomic E-state index is 0.233. The van der Waals surface area contributed by atoms with E-state index in [0.29, 0.717) is 12.5 Å². The Hall–Kier alpha value is -0.0500. The number of hydrogen-bond donors (Lipinski definition) is 1. The van der Waals surface area contributed by atoms with Gasteiger partial charge in [-0.2, -0.15) is 0 Å². The van der Waals surface area contributed by atoms with E-state index in [1.165, 1.54) is 38.5 Å². The number of amides is 1. The maximum Gasteiger partial charge on any atom is 0.220 e. The predicted molar refractivity (Wildman–Crippen MR) is 83.2 cm³/mol. The molecule has 0 aromatic rings. The molecule has 3 heteroatoms. The monoisotopic (exact) mass is 319 g/mol. The smallest absolute Gasteiger partial charge is 0.220 e. The first kappa shape index (κ1) is 17.9. The Morgan fingerprint density at radius 3 is 2.22 bits per heavy atom. The van der Waals surface area contributed by atoms with E-state index in [2.05, 4.69) is 35.1 Å². The molecule has 1 N–H and O–H groups in total. The Morgan fingerprint density at radius 1 is 1.06 bits per heavy atom. The molecule has 0 heterocycles. The third-order valence-corrected chi connectivity index (χ3v) is 3.78. The minimum atomic E-state index is 0.233. The second kappa shape index (κ2) is 13.4. The van der Waals surface area contributed by atoms with E-state index >= 15 is 0 Å². The molecule has 108 valence electrons. The van der Waals surface area contributed by atoms with Crippen LogP contribution in [0.15, 0.2) is 0 Å². The normalized spacial score (nSPS) is 12.4. The number of rotatable bonds is 12. The van der Waals surface area contributed by atoms with Gasteiger partial charge in [0.25, 0.3) is 0 Å². The zero-order chi connectivity index (χ0) is 13.6. The van der Waals surface area contributed by atoms with Gasteiger partial charge in [-0.25, -0.2) is 0 Å². The average molecular weight is 320 g/mol. The predicted octanol–water partition coefficient (Wildman–Crippen LogP) is 4.81. The lowest BCUT2D eigenvalue weighted by Gasteiger charge is -2.15. The summed E-state index contributed by atoms with van der Waals surface area (Å²) in [4.78, 5) is 11.7. The summed E-state index contributed by atoms with van der Waals surface area (Å²) < 4.78 is 0. The van der Waals surface area contributed by atoms with Gasteiger partial charge in [0.15, 0.2) is 0 Å². The van der Waals surface area contributed by atoms with Crippen LogP contribution < -0.4 is 5.32 Å². The maximum atomic E-state index is 11.7. The zero-order valence-electron chi connectivity index (χ0n) is 12.1. The standard InChI is InChI=1S/C15H30BrNO/c1-3-5-6-7-8-9-10-11-15(18)17-14(4-2)12-13-16/h14H,3-13H2,1-2H3,(H,17,18). The molecule has 0 aliphatic rings. The van der Waals surface area contributed by atoms with Gasteiger partial charge < -0.3 is 5.32 Å². The Morgan fingerprint density at radius 2 is 1.67 bits per heavy atom. The Bertz CT molecular complexity index is 197. The fraction of sp³-hybridized carbons (Fsp3) is 0.933. The number of carbonyl (C=O) groups is 1. The fourth-order valence-electron chi connectivity index (χ4n) is 2.05. The highest BCUT2D eigenvalue weighted by Crippen LogP contribution is 2.09. The summed E-state index contributed by atoms with van der Waals surface area (Å²) in [5.41, 5.74) is 0. The van der Waals surface area contributed by atoms with Crippen LogP contribution in [-0.4, -0.2) is 17.3 Å². The summed E-state index contributed by atoms with van der Waals surface area (Å²) in [7, 11) is 0. The third kappa shape index (κ3) is 11.1. The second-order valence-corrected chi connectivity index (χ2v) is 5.81. The topological polar surface area (TPSA) is 29.1 Å². The van der Waals surface area contributed by atoms with Gasteiger partial charge in [-0.1, -0.05) is 68.3 Å². The van der Waals surface area contributed by atoms with Crippen LogP contribution in [0.4, 0.5) is 0 Å². The molecular formula is C15H30BrNO. The summed E-state index contributed by atoms with van der Waals surface area (Å²) in [6.45, 7) is 4.36. The fourth-order valence-corrected chi connectivity index (χ4v) is 2.61. The van der Waals surface area contributed by atoms with Gasteiger partial charge in [-0.3, -0.25) is 4.79 Å². The molecule has 18 heavy (non-hydrogen) atoms. The summed E-state index contributed by atoms with van der Waals surface area (Å²) in [6.07, 6.45) is 11.6. The lowest BCUT2D eigenvalue weighted by Crippen LogP contribution is -2.34. The van der Waals surface area contributed by atoms with Crippen LogP contribution in [0.25, 0.3) is 0 Å². The van der Waals surface area contributed by atoms with Crippen LogP contribution in [-0.2, 0) is 4.79 Å². The lowest BCUT2D eigenvalue weighted by atomic mass is 10.1. The first-order chi connectivity index (χ1) is 8.74. The molecule has 0 saturated heterocycles. The van der Waals surface area contributed by atoms with Gasteiger partial charge in [0.2, 0.25) is 5.91 Å². The molecule has 0 aromatic heterocycles. The maximum absolute atomic E-state index is 11.7. The molecule has 0 aliphatic heterocycles. The Labute approximate surface area is 121 Å². The van der Waals surface area contributed by atoms with E-state index < -0.39 is 0 Å². The summed E-state index contributed by atoms with van der Waals surface area (Å²) >= 11 is 3.42. The molecule has 1 amide bonds. The van der Waals surface area contributed by atoms with Crippen molar-refractivity contribution in [2.24, 2.45) is 0 Å². The van der Waals surface area contributed by atoms with Gasteiger partial charge in [0.1, 0.15) is 0 Å². The molecule has 0 saturated carbocycles. The zero-order valence-corrected chi connectivity index (χ0v) is 13.7. The van der Waals surface area contributed by atoms with Crippen molar-refractivity contribution in [3.05, 3.63) is 0 Å². The highest BCUT2D eigenvalue weighted by molar-refractivity contribution is 9.09. The van der Waals surface area contributed by atoms with Crippen LogP contribution in [0.2, 0.25) is 0 Å². The van der Waals surface area contributed by atoms with E-state index in [9.17, 15) is 4.79 Å². The van der Waals surface area contributed by atoms with Crippen molar-refractivity contribution in [1.29, 1.82) is 0 Å². The molecule has 0 aliphatic carbocycles. The van der Waals surface area contributed by atoms with E-state index in [1.807, 2.05) is 0 Å². The lowest BCUT2D eigenvalue weighted by molar-refractivity contribution is -0.121. The largest absolute Gasteiger partial charge is 0.353 e. The number of hydrogen-bond acceptors (Lipinski definition) is 1. The van der Waals surface area contributed by atoms with Gasteiger partial charge in [0.05, 0.1) is 0 Å². The van der Waals surface area contributed by atoms with E-state index in [4.69, 9.17) is 0 Å². The van der Waals surface area contributed by atoms with Crippen molar-refractivity contribution in [2.75, 3.05) is 5.33 Å². The van der Waals surface area contributed by atoms with Crippen LogP contribution in [0.1, 0.15) is 78.1 Å². The van der Waals surface area contributed by atoms with E-state index in [0.717, 1.165) is 24.6 Å². The quantitative estimate of drug-likeness (QED) is 0.406. The molecular weight excluding hydrogens is 290 g/mol. The van der Waals surface area contributed by atoms with Crippen molar-refractivity contribution in [2.45, 2.75) is 84.1 Å². The van der Waals surface area contributed by atoms with Crippen molar-refractivity contribution in [1.82, 2.24) is 5.32 Å². The number of unbranched alkanes of at least 4 members (excludes halogenated alkanes) is 6. The van der Waals surface area contributed by atoms with Crippen LogP contribution in [0.3, 0.4) is 0 Å². The first-order valence-electron chi connectivity index (χ1n) is 7.59. The molecule has 0 fully saturated rings. The van der Waals surface area contributed by atoms with Crippen LogP contribution >= 0.6 is 15.9 Å². The van der Waals surface area contributed by atoms with Gasteiger partial charge in [-0.05, 0) is 19.3 Å². The molecule has 1 atom stereocenters. The molecule has 0 rings (SSSR count). The van der Waals surface area contributed by atoms with Crippen molar-refractivity contribution < 1.29 is 4.79 Å².